The van der Waals surface area contributed by atoms with E-state index in [1.807, 2.05) is 19.0 Å². The second-order valence-corrected chi connectivity index (χ2v) is 5.69. The highest BCUT2D eigenvalue weighted by Crippen LogP contribution is 2.35. The summed E-state index contributed by atoms with van der Waals surface area (Å²) in [5, 5.41) is 0. The molecule has 7 heteroatoms. The first-order valence-electron chi connectivity index (χ1n) is 6.62. The minimum Gasteiger partial charge on any atom is -0.462 e. The van der Waals surface area contributed by atoms with E-state index in [0.29, 0.717) is 18.5 Å². The summed E-state index contributed by atoms with van der Waals surface area (Å²) in [4.78, 5) is 16.1. The molecule has 0 amide bonds. The number of hydrogen-bond acceptors (Lipinski definition) is 4. The molecule has 0 aromatic rings. The molecule has 2 rings (SSSR count). The van der Waals surface area contributed by atoms with Crippen LogP contribution in [0.25, 0.3) is 0 Å². The molecule has 0 aromatic carbocycles. The molecule has 2 N–H and O–H groups in total. The summed E-state index contributed by atoms with van der Waals surface area (Å²) >= 11 is 0. The number of nitrogens with zero attached hydrogens (tertiary/aromatic N) is 2. The van der Waals surface area contributed by atoms with E-state index >= 15 is 0 Å². The van der Waals surface area contributed by atoms with Crippen LogP contribution in [0.4, 0.5) is 0 Å². The first-order chi connectivity index (χ1) is 8.06. The minimum absolute atomic E-state index is 0. The van der Waals surface area contributed by atoms with E-state index in [-0.39, 0.29) is 42.4 Å². The van der Waals surface area contributed by atoms with Crippen molar-refractivity contribution in [2.45, 2.75) is 50.3 Å². The Labute approximate surface area is 134 Å². The number of rotatable bonds is 4. The highest BCUT2D eigenvalue weighted by atomic mass is 35.5. The first-order valence-corrected chi connectivity index (χ1v) is 6.62. The normalized spacial score (nSPS) is 28.1. The average molecular weight is 331 g/mol. The Morgan fingerprint density at radius 2 is 1.70 bits per heavy atom. The van der Waals surface area contributed by atoms with Crippen molar-refractivity contribution in [1.82, 2.24) is 9.80 Å². The maximum absolute atomic E-state index is 11.7. The number of carbonyl (C=O) groups is 1. The zero-order valence-electron chi connectivity index (χ0n) is 12.5. The molecule has 0 aliphatic carbocycles. The fourth-order valence-corrected chi connectivity index (χ4v) is 3.02. The zero-order valence-corrected chi connectivity index (χ0v) is 14.1. The van der Waals surface area contributed by atoms with Gasteiger partial charge in [0.05, 0.1) is 6.42 Å². The highest BCUT2D eigenvalue weighted by molar-refractivity contribution is 5.85. The monoisotopic (exact) mass is 330 g/mol. The van der Waals surface area contributed by atoms with Gasteiger partial charge in [-0.05, 0) is 46.8 Å². The molecule has 2 bridgehead atoms. The number of halogens is 2. The summed E-state index contributed by atoms with van der Waals surface area (Å²) in [6.45, 7) is 0.776. The van der Waals surface area contributed by atoms with Crippen molar-refractivity contribution in [1.29, 1.82) is 0 Å². The van der Waals surface area contributed by atoms with Crippen molar-refractivity contribution in [2.24, 2.45) is 0 Å². The molecule has 2 fully saturated rings. The minimum atomic E-state index is -0.0346. The molecule has 5 nitrogen and oxygen atoms in total. The summed E-state index contributed by atoms with van der Waals surface area (Å²) in [5.74, 6) is -0.0346. The number of esters is 1. The van der Waals surface area contributed by atoms with Gasteiger partial charge in [0.25, 0.3) is 0 Å². The number of piperidine rings is 1. The van der Waals surface area contributed by atoms with E-state index < -0.39 is 0 Å². The number of fused-ring (bicyclic) bond motifs is 2. The third-order valence-corrected chi connectivity index (χ3v) is 4.12. The second-order valence-electron chi connectivity index (χ2n) is 5.69. The van der Waals surface area contributed by atoms with E-state index in [9.17, 15) is 4.79 Å². The molecule has 2 saturated heterocycles. The average Bonchev–Trinajstić information content (AvgIpc) is 2.52. The molecule has 2 heterocycles. The Kier molecular flexibility index (Phi) is 10.9. The van der Waals surface area contributed by atoms with Crippen molar-refractivity contribution in [3.8, 4) is 0 Å². The lowest BCUT2D eigenvalue weighted by molar-refractivity contribution is -0.152. The summed E-state index contributed by atoms with van der Waals surface area (Å²) < 4.78 is 5.58. The first kappa shape index (κ1) is 22.2. The summed E-state index contributed by atoms with van der Waals surface area (Å²) in [6, 6.07) is 1.28. The van der Waals surface area contributed by atoms with E-state index in [1.165, 1.54) is 12.8 Å². The van der Waals surface area contributed by atoms with Gasteiger partial charge in [-0.3, -0.25) is 4.79 Å². The SMILES string of the molecule is CN(C)CCC(=O)OC1CC2CCC(C1)N2C.Cl.Cl.O. The Morgan fingerprint density at radius 1 is 1.20 bits per heavy atom. The number of hydrogen-bond donors (Lipinski definition) is 0. The van der Waals surface area contributed by atoms with Crippen LogP contribution in [0.15, 0.2) is 0 Å². The maximum Gasteiger partial charge on any atom is 0.307 e. The zero-order chi connectivity index (χ0) is 12.4. The second kappa shape index (κ2) is 9.79. The van der Waals surface area contributed by atoms with Crippen LogP contribution in [0, 0.1) is 0 Å². The van der Waals surface area contributed by atoms with Gasteiger partial charge in [0, 0.05) is 18.6 Å². The van der Waals surface area contributed by atoms with Gasteiger partial charge >= 0.3 is 5.97 Å². The van der Waals surface area contributed by atoms with Crippen LogP contribution < -0.4 is 0 Å². The van der Waals surface area contributed by atoms with Crippen molar-refractivity contribution >= 4 is 30.8 Å². The molecule has 122 valence electrons. The number of ether oxygens (including phenoxy) is 1. The van der Waals surface area contributed by atoms with Crippen molar-refractivity contribution in [2.75, 3.05) is 27.7 Å². The Bertz CT molecular complexity index is 279. The molecular formula is C13H28Cl2N2O3. The fraction of sp³-hybridized carbons (Fsp3) is 0.923. The lowest BCUT2D eigenvalue weighted by Crippen LogP contribution is -2.43. The van der Waals surface area contributed by atoms with Crippen molar-refractivity contribution in [3.63, 3.8) is 0 Å². The fourth-order valence-electron chi connectivity index (χ4n) is 3.02. The largest absolute Gasteiger partial charge is 0.462 e. The van der Waals surface area contributed by atoms with E-state index in [2.05, 4.69) is 11.9 Å². The summed E-state index contributed by atoms with van der Waals surface area (Å²) in [6.07, 6.45) is 5.27. The van der Waals surface area contributed by atoms with Crippen LogP contribution in [0.1, 0.15) is 32.1 Å². The smallest absolute Gasteiger partial charge is 0.307 e. The Hall–Kier alpha value is -0.0700. The number of carbonyl (C=O) groups excluding carboxylic acids is 1. The van der Waals surface area contributed by atoms with Crippen molar-refractivity contribution < 1.29 is 15.0 Å². The molecule has 0 spiro atoms. The summed E-state index contributed by atoms with van der Waals surface area (Å²) in [5.41, 5.74) is 0. The molecule has 2 aliphatic heterocycles. The topological polar surface area (TPSA) is 64.3 Å². The van der Waals surface area contributed by atoms with Gasteiger partial charge in [-0.2, -0.15) is 0 Å². The Balaban J connectivity index is 0. The van der Waals surface area contributed by atoms with Crippen LogP contribution in [0.5, 0.6) is 0 Å². The van der Waals surface area contributed by atoms with Gasteiger partial charge in [0.1, 0.15) is 6.10 Å². The van der Waals surface area contributed by atoms with Gasteiger partial charge in [0.15, 0.2) is 0 Å². The van der Waals surface area contributed by atoms with Crippen LogP contribution in [0.3, 0.4) is 0 Å². The molecule has 2 unspecified atom stereocenters. The Morgan fingerprint density at radius 3 is 2.15 bits per heavy atom. The van der Waals surface area contributed by atoms with Gasteiger partial charge in [0.2, 0.25) is 0 Å². The van der Waals surface area contributed by atoms with Crippen LogP contribution in [0.2, 0.25) is 0 Å². The van der Waals surface area contributed by atoms with Gasteiger partial charge in [-0.1, -0.05) is 0 Å². The van der Waals surface area contributed by atoms with Crippen molar-refractivity contribution in [3.05, 3.63) is 0 Å². The predicted molar refractivity (Wildman–Crippen MR) is 85.0 cm³/mol. The molecule has 0 saturated carbocycles. The molecule has 2 aliphatic rings. The maximum atomic E-state index is 11.7. The molecule has 0 radical (unpaired) electrons. The van der Waals surface area contributed by atoms with Gasteiger partial charge in [-0.15, -0.1) is 24.8 Å². The molecule has 20 heavy (non-hydrogen) atoms. The lowest BCUT2D eigenvalue weighted by atomic mass is 10.0. The van der Waals surface area contributed by atoms with E-state index in [4.69, 9.17) is 4.74 Å². The third-order valence-electron chi connectivity index (χ3n) is 4.12. The van der Waals surface area contributed by atoms with Crippen LogP contribution >= 0.6 is 24.8 Å². The standard InChI is InChI=1S/C13H24N2O2.2ClH.H2O/c1-14(2)7-6-13(16)17-12-8-10-4-5-11(9-12)15(10)3;;;/h10-12H,4-9H2,1-3H3;2*1H;1H2. The third kappa shape index (κ3) is 5.74. The summed E-state index contributed by atoms with van der Waals surface area (Å²) in [7, 11) is 6.15. The van der Waals surface area contributed by atoms with E-state index in [0.717, 1.165) is 19.4 Å². The molecule has 2 atom stereocenters. The molecule has 0 aromatic heterocycles. The predicted octanol–water partition coefficient (Wildman–Crippen LogP) is 1.13. The highest BCUT2D eigenvalue weighted by Gasteiger charge is 2.39. The van der Waals surface area contributed by atoms with Crippen LogP contribution in [-0.2, 0) is 9.53 Å². The quantitative estimate of drug-likeness (QED) is 0.725. The lowest BCUT2D eigenvalue weighted by Gasteiger charge is -2.35. The van der Waals surface area contributed by atoms with Crippen LogP contribution in [-0.4, -0.2) is 67.1 Å². The van der Waals surface area contributed by atoms with E-state index in [1.54, 1.807) is 0 Å². The molecular weight excluding hydrogens is 303 g/mol. The van der Waals surface area contributed by atoms with Gasteiger partial charge in [-0.25, -0.2) is 0 Å². The van der Waals surface area contributed by atoms with Gasteiger partial charge < -0.3 is 20.0 Å².